The second kappa shape index (κ2) is 14.2. The number of rotatable bonds is 12. The van der Waals surface area contributed by atoms with Gasteiger partial charge >= 0.3 is 0 Å². The van der Waals surface area contributed by atoms with Gasteiger partial charge in [0.15, 0.2) is 0 Å². The molecule has 41 heavy (non-hydrogen) atoms. The van der Waals surface area contributed by atoms with Gasteiger partial charge in [0, 0.05) is 41.5 Å². The molecule has 3 aromatic rings. The van der Waals surface area contributed by atoms with E-state index in [0.29, 0.717) is 22.2 Å². The van der Waals surface area contributed by atoms with Crippen molar-refractivity contribution in [3.05, 3.63) is 100 Å². The molecule has 0 spiro atoms. The summed E-state index contributed by atoms with van der Waals surface area (Å²) in [4.78, 5) is 29.1. The van der Waals surface area contributed by atoms with E-state index in [1.807, 2.05) is 57.2 Å². The highest BCUT2D eigenvalue weighted by Gasteiger charge is 2.32. The van der Waals surface area contributed by atoms with Crippen LogP contribution >= 0.6 is 23.2 Å². The molecule has 1 N–H and O–H groups in total. The van der Waals surface area contributed by atoms with E-state index in [-0.39, 0.29) is 37.7 Å². The zero-order valence-corrected chi connectivity index (χ0v) is 26.1. The fourth-order valence-electron chi connectivity index (χ4n) is 4.47. The van der Waals surface area contributed by atoms with Crippen molar-refractivity contribution in [3.8, 4) is 0 Å². The van der Waals surface area contributed by atoms with Gasteiger partial charge < -0.3 is 10.2 Å². The van der Waals surface area contributed by atoms with E-state index in [2.05, 4.69) is 5.32 Å². The number of anilines is 1. The zero-order chi connectivity index (χ0) is 30.2. The molecule has 10 heteroatoms. The lowest BCUT2D eigenvalue weighted by atomic mass is 10.00. The molecule has 0 bridgehead atoms. The average Bonchev–Trinajstić information content (AvgIpc) is 2.87. The van der Waals surface area contributed by atoms with Gasteiger partial charge in [-0.2, -0.15) is 0 Å². The van der Waals surface area contributed by atoms with Crippen molar-refractivity contribution in [2.75, 3.05) is 17.1 Å². The van der Waals surface area contributed by atoms with Crippen molar-refractivity contribution in [3.63, 3.8) is 0 Å². The Balaban J connectivity index is 1.90. The van der Waals surface area contributed by atoms with Crippen LogP contribution in [0.3, 0.4) is 0 Å². The van der Waals surface area contributed by atoms with Gasteiger partial charge in [0.05, 0.1) is 11.9 Å². The van der Waals surface area contributed by atoms with E-state index in [1.165, 1.54) is 4.31 Å². The first-order valence-electron chi connectivity index (χ1n) is 13.4. The lowest BCUT2D eigenvalue weighted by Crippen LogP contribution is -2.54. The Kier molecular flexibility index (Phi) is 11.2. The van der Waals surface area contributed by atoms with Crippen molar-refractivity contribution in [2.24, 2.45) is 0 Å². The highest BCUT2D eigenvalue weighted by molar-refractivity contribution is 7.92. The number of carbonyl (C=O) groups is 2. The molecule has 0 fully saturated rings. The van der Waals surface area contributed by atoms with E-state index in [9.17, 15) is 18.0 Å². The molecule has 0 radical (unpaired) electrons. The van der Waals surface area contributed by atoms with Crippen LogP contribution in [0.25, 0.3) is 0 Å². The number of nitrogens with zero attached hydrogens (tertiary/aromatic N) is 2. The smallest absolute Gasteiger partial charge is 0.243 e. The maximum atomic E-state index is 13.9. The largest absolute Gasteiger partial charge is 0.350 e. The SMILES string of the molecule is CC(C)(C)NC(=O)[C@H](Cc1ccccc1)N(Cc1cccc(Cl)c1)C(=O)CCCN(c1cccc(Cl)c1)S(C)(=O)=O. The summed E-state index contributed by atoms with van der Waals surface area (Å²) in [6, 6.07) is 22.5. The van der Waals surface area contributed by atoms with Crippen LogP contribution in [0.4, 0.5) is 5.69 Å². The quantitative estimate of drug-likeness (QED) is 0.266. The molecule has 0 aromatic heterocycles. The third-order valence-corrected chi connectivity index (χ3v) is 7.92. The number of halogens is 2. The fourth-order valence-corrected chi connectivity index (χ4v) is 5.83. The van der Waals surface area contributed by atoms with Gasteiger partial charge in [0.2, 0.25) is 21.8 Å². The molecule has 0 saturated heterocycles. The second-order valence-electron chi connectivity index (χ2n) is 11.0. The van der Waals surface area contributed by atoms with Gasteiger partial charge in [-0.05, 0) is 68.7 Å². The summed E-state index contributed by atoms with van der Waals surface area (Å²) in [6.07, 6.45) is 1.70. The fraction of sp³-hybridized carbons (Fsp3) is 0.355. The predicted molar refractivity (Wildman–Crippen MR) is 167 cm³/mol. The molecular weight excluding hydrogens is 581 g/mol. The summed E-state index contributed by atoms with van der Waals surface area (Å²) >= 11 is 12.3. The first-order chi connectivity index (χ1) is 19.2. The Labute approximate surface area is 253 Å². The number of carbonyl (C=O) groups excluding carboxylic acids is 2. The second-order valence-corrected chi connectivity index (χ2v) is 13.8. The average molecular weight is 619 g/mol. The van der Waals surface area contributed by atoms with Crippen LogP contribution in [0.2, 0.25) is 10.0 Å². The highest BCUT2D eigenvalue weighted by atomic mass is 35.5. The standard InChI is InChI=1S/C31H37Cl2N3O4S/c1-31(2,3)34-30(38)28(20-23-11-6-5-7-12-23)35(22-24-13-8-14-25(32)19-24)29(37)17-10-18-36(41(4,39)40)27-16-9-15-26(33)21-27/h5-9,11-16,19,21,28H,10,17-18,20,22H2,1-4H3,(H,34,38)/t28-/m0/s1. The van der Waals surface area contributed by atoms with Crippen molar-refractivity contribution >= 4 is 50.7 Å². The van der Waals surface area contributed by atoms with Crippen LogP contribution < -0.4 is 9.62 Å². The summed E-state index contributed by atoms with van der Waals surface area (Å²) in [5, 5.41) is 3.97. The van der Waals surface area contributed by atoms with Crippen molar-refractivity contribution < 1.29 is 18.0 Å². The number of nitrogens with one attached hydrogen (secondary N) is 1. The molecule has 3 rings (SSSR count). The summed E-state index contributed by atoms with van der Waals surface area (Å²) in [5.74, 6) is -0.539. The van der Waals surface area contributed by atoms with Gasteiger partial charge in [-0.3, -0.25) is 13.9 Å². The summed E-state index contributed by atoms with van der Waals surface area (Å²) in [7, 11) is -3.63. The Morgan fingerprint density at radius 2 is 1.49 bits per heavy atom. The van der Waals surface area contributed by atoms with Crippen LogP contribution in [-0.4, -0.2) is 49.5 Å². The normalized spacial score (nSPS) is 12.4. The molecule has 0 heterocycles. The first-order valence-corrected chi connectivity index (χ1v) is 16.0. The van der Waals surface area contributed by atoms with Crippen LogP contribution in [-0.2, 0) is 32.6 Å². The molecule has 220 valence electrons. The molecule has 2 amide bonds. The van der Waals surface area contributed by atoms with Crippen molar-refractivity contribution in [1.29, 1.82) is 0 Å². The Hall–Kier alpha value is -3.07. The van der Waals surface area contributed by atoms with E-state index >= 15 is 0 Å². The molecule has 0 unspecified atom stereocenters. The minimum atomic E-state index is -3.63. The van der Waals surface area contributed by atoms with E-state index in [4.69, 9.17) is 23.2 Å². The monoisotopic (exact) mass is 617 g/mol. The first kappa shape index (κ1) is 32.4. The Morgan fingerprint density at radius 1 is 0.878 bits per heavy atom. The molecule has 1 atom stereocenters. The van der Waals surface area contributed by atoms with Crippen LogP contribution in [0.1, 0.15) is 44.7 Å². The number of hydrogen-bond donors (Lipinski definition) is 1. The number of sulfonamides is 1. The molecule has 3 aromatic carbocycles. The Bertz CT molecular complexity index is 1440. The van der Waals surface area contributed by atoms with E-state index < -0.39 is 21.6 Å². The van der Waals surface area contributed by atoms with Gasteiger partial charge in [0.1, 0.15) is 6.04 Å². The lowest BCUT2D eigenvalue weighted by molar-refractivity contribution is -0.142. The summed E-state index contributed by atoms with van der Waals surface area (Å²) in [5.41, 5.74) is 1.61. The zero-order valence-electron chi connectivity index (χ0n) is 23.8. The third-order valence-electron chi connectivity index (χ3n) is 6.26. The van der Waals surface area contributed by atoms with Gasteiger partial charge in [-0.1, -0.05) is 71.7 Å². The molecule has 0 saturated carbocycles. The van der Waals surface area contributed by atoms with Crippen LogP contribution in [0.15, 0.2) is 78.9 Å². The highest BCUT2D eigenvalue weighted by Crippen LogP contribution is 2.23. The maximum absolute atomic E-state index is 13.9. The van der Waals surface area contributed by atoms with E-state index in [0.717, 1.165) is 17.4 Å². The van der Waals surface area contributed by atoms with Crippen molar-refractivity contribution in [1.82, 2.24) is 10.2 Å². The minimum Gasteiger partial charge on any atom is -0.350 e. The molecule has 0 aliphatic rings. The summed E-state index contributed by atoms with van der Waals surface area (Å²) in [6.45, 7) is 5.92. The third kappa shape index (κ3) is 10.4. The number of amides is 2. The van der Waals surface area contributed by atoms with Crippen molar-refractivity contribution in [2.45, 2.75) is 58.2 Å². The number of benzene rings is 3. The van der Waals surface area contributed by atoms with E-state index in [1.54, 1.807) is 47.4 Å². The maximum Gasteiger partial charge on any atom is 0.243 e. The lowest BCUT2D eigenvalue weighted by Gasteiger charge is -2.34. The summed E-state index contributed by atoms with van der Waals surface area (Å²) < 4.78 is 26.4. The van der Waals surface area contributed by atoms with Crippen LogP contribution in [0, 0.1) is 0 Å². The molecule has 0 aliphatic carbocycles. The predicted octanol–water partition coefficient (Wildman–Crippen LogP) is 6.09. The van der Waals surface area contributed by atoms with Gasteiger partial charge in [-0.15, -0.1) is 0 Å². The number of hydrogen-bond acceptors (Lipinski definition) is 4. The Morgan fingerprint density at radius 3 is 2.07 bits per heavy atom. The van der Waals surface area contributed by atoms with Crippen LogP contribution in [0.5, 0.6) is 0 Å². The molecule has 0 aliphatic heterocycles. The van der Waals surface area contributed by atoms with Gasteiger partial charge in [-0.25, -0.2) is 8.42 Å². The minimum absolute atomic E-state index is 0.0290. The molecule has 7 nitrogen and oxygen atoms in total. The topological polar surface area (TPSA) is 86.8 Å². The van der Waals surface area contributed by atoms with Gasteiger partial charge in [0.25, 0.3) is 0 Å². The molecular formula is C31H37Cl2N3O4S.